The van der Waals surface area contributed by atoms with Gasteiger partial charge in [0.25, 0.3) is 0 Å². The van der Waals surface area contributed by atoms with Crippen molar-refractivity contribution in [3.8, 4) is 0 Å². The number of hydrogen-bond acceptors (Lipinski definition) is 10. The van der Waals surface area contributed by atoms with Crippen LogP contribution in [0.15, 0.2) is 0 Å². The van der Waals surface area contributed by atoms with Crippen LogP contribution in [0.3, 0.4) is 0 Å². The van der Waals surface area contributed by atoms with Crippen molar-refractivity contribution in [1.29, 1.82) is 0 Å². The molecule has 0 aromatic carbocycles. The van der Waals surface area contributed by atoms with E-state index in [0.29, 0.717) is 0 Å². The Kier molecular flexibility index (Phi) is 15.0. The van der Waals surface area contributed by atoms with Gasteiger partial charge in [-0.2, -0.15) is 0 Å². The van der Waals surface area contributed by atoms with Crippen LogP contribution in [-0.4, -0.2) is 73.1 Å². The molecule has 11 heteroatoms. The van der Waals surface area contributed by atoms with E-state index in [1.165, 1.54) is 0 Å². The van der Waals surface area contributed by atoms with Crippen LogP contribution < -0.4 is 0 Å². The molecule has 0 unspecified atom stereocenters. The zero-order valence-electron chi connectivity index (χ0n) is 20.4. The molecule has 0 amide bonds. The van der Waals surface area contributed by atoms with Crippen molar-refractivity contribution in [1.82, 2.24) is 0 Å². The predicted octanol–water partition coefficient (Wildman–Crippen LogP) is 1.44. The molecule has 0 fully saturated rings. The van der Waals surface area contributed by atoms with Crippen molar-refractivity contribution in [2.75, 3.05) is 39.6 Å². The quantitative estimate of drug-likeness (QED) is 0.217. The van der Waals surface area contributed by atoms with E-state index in [2.05, 4.69) is 0 Å². The van der Waals surface area contributed by atoms with Gasteiger partial charge in [-0.1, -0.05) is 0 Å². The summed E-state index contributed by atoms with van der Waals surface area (Å²) in [4.78, 5) is 76.8. The van der Waals surface area contributed by atoms with Gasteiger partial charge < -0.3 is 0 Å². The molecule has 0 atom stereocenters. The zero-order valence-corrected chi connectivity index (χ0v) is 22.9. The summed E-state index contributed by atoms with van der Waals surface area (Å²) in [6.07, 6.45) is -2.24. The van der Waals surface area contributed by atoms with Crippen molar-refractivity contribution >= 4 is 27.8 Å². The average molecular weight is 552 g/mol. The second-order valence-corrected chi connectivity index (χ2v) is 16.2. The SMILES string of the molecule is CCOCC(=O)C[C](=O)[Zr]([O]C(C)(C)C)([C](=O)CC(=O)COCC)[C](=O)CC(=O)COCC. The van der Waals surface area contributed by atoms with Crippen LogP contribution in [0.1, 0.15) is 60.8 Å². The first kappa shape index (κ1) is 31.7. The third-order valence-corrected chi connectivity index (χ3v) is 13.5. The monoisotopic (exact) mass is 550 g/mol. The fourth-order valence-corrected chi connectivity index (χ4v) is 11.5. The molecule has 0 N–H and O–H groups in total. The van der Waals surface area contributed by atoms with Crippen LogP contribution in [0.2, 0.25) is 0 Å². The molecule has 188 valence electrons. The van der Waals surface area contributed by atoms with E-state index in [-0.39, 0.29) is 39.6 Å². The maximum atomic E-state index is 13.4. The zero-order chi connectivity index (χ0) is 25.7. The van der Waals surface area contributed by atoms with E-state index < -0.39 is 73.4 Å². The summed E-state index contributed by atoms with van der Waals surface area (Å²) in [6, 6.07) is 0. The fraction of sp³-hybridized carbons (Fsp3) is 0.727. The Hall–Kier alpha value is -1.26. The molecule has 0 aliphatic carbocycles. The summed E-state index contributed by atoms with van der Waals surface area (Å²) in [5, 5.41) is 0. The van der Waals surface area contributed by atoms with E-state index in [0.717, 1.165) is 0 Å². The van der Waals surface area contributed by atoms with Crippen LogP contribution >= 0.6 is 0 Å². The molecule has 0 aromatic heterocycles. The van der Waals surface area contributed by atoms with Crippen molar-refractivity contribution in [2.24, 2.45) is 0 Å². The number of carbonyl (C=O) groups is 6. The Morgan fingerprint density at radius 1 is 0.576 bits per heavy atom. The molecule has 0 bridgehead atoms. The Labute approximate surface area is 200 Å². The number of ketones is 3. The van der Waals surface area contributed by atoms with Crippen molar-refractivity contribution in [3.05, 3.63) is 0 Å². The van der Waals surface area contributed by atoms with Gasteiger partial charge in [-0.3, -0.25) is 0 Å². The van der Waals surface area contributed by atoms with Gasteiger partial charge in [0.15, 0.2) is 0 Å². The van der Waals surface area contributed by atoms with E-state index in [1.807, 2.05) is 0 Å². The summed E-state index contributed by atoms with van der Waals surface area (Å²) in [5.41, 5.74) is -1.12. The number of ether oxygens (including phenoxy) is 3. The number of Topliss-reactive ketones (excluding diaryl/α,β-unsaturated/α-hetero) is 3. The fourth-order valence-electron chi connectivity index (χ4n) is 2.81. The number of hydrogen-bond donors (Lipinski definition) is 0. The predicted molar refractivity (Wildman–Crippen MR) is 114 cm³/mol. The third-order valence-electron chi connectivity index (χ3n) is 4.11. The van der Waals surface area contributed by atoms with Gasteiger partial charge in [0.2, 0.25) is 0 Å². The summed E-state index contributed by atoms with van der Waals surface area (Å²) >= 11 is -5.81. The second kappa shape index (κ2) is 15.6. The first-order valence-electron chi connectivity index (χ1n) is 10.9. The maximum absolute atomic E-state index is 13.4. The second-order valence-electron chi connectivity index (χ2n) is 8.22. The average Bonchev–Trinajstić information content (AvgIpc) is 2.71. The van der Waals surface area contributed by atoms with E-state index >= 15 is 0 Å². The Morgan fingerprint density at radius 2 is 0.848 bits per heavy atom. The van der Waals surface area contributed by atoms with E-state index in [9.17, 15) is 28.8 Å². The molecule has 33 heavy (non-hydrogen) atoms. The van der Waals surface area contributed by atoms with Crippen LogP contribution in [0, 0.1) is 0 Å². The van der Waals surface area contributed by atoms with Crippen molar-refractivity contribution in [3.63, 3.8) is 0 Å². The minimum absolute atomic E-state index is 0.239. The molecule has 0 radical (unpaired) electrons. The molecule has 0 spiro atoms. The normalized spacial score (nSPS) is 11.8. The first-order chi connectivity index (χ1) is 15.3. The molecule has 0 heterocycles. The summed E-state index contributed by atoms with van der Waals surface area (Å²) in [5.74, 6) is -1.87. The molecule has 0 rings (SSSR count). The van der Waals surface area contributed by atoms with Gasteiger partial charge in [0.1, 0.15) is 0 Å². The molecule has 0 saturated heterocycles. The molecular formula is C22H36O10Zr. The van der Waals surface area contributed by atoms with Gasteiger partial charge in [0.05, 0.1) is 0 Å². The van der Waals surface area contributed by atoms with E-state index in [1.54, 1.807) is 41.5 Å². The molecule has 10 nitrogen and oxygen atoms in total. The third kappa shape index (κ3) is 11.6. The van der Waals surface area contributed by atoms with Gasteiger partial charge in [-0.15, -0.1) is 0 Å². The molecule has 0 aromatic rings. The molecule has 0 aliphatic heterocycles. The minimum atomic E-state index is -5.81. The standard InChI is InChI=1S/3C6H9O3.C4H9O.Zr/c3*1-2-9-5-6(8)3-4-7;1-4(2,3)5;/h3*2-3,5H2,1H3;1-3H3;/q;;;-1;+1. The molecular weight excluding hydrogens is 515 g/mol. The van der Waals surface area contributed by atoms with Crippen molar-refractivity contribution < 1.29 is 66.5 Å². The Bertz CT molecular complexity index is 640. The van der Waals surface area contributed by atoms with Crippen LogP contribution in [0.25, 0.3) is 0 Å². The first-order valence-corrected chi connectivity index (χ1v) is 15.6. The summed E-state index contributed by atoms with van der Waals surface area (Å²) in [6.45, 7) is 9.29. The number of carbonyl (C=O) groups excluding carboxylic acids is 6. The van der Waals surface area contributed by atoms with Crippen LogP contribution in [0.4, 0.5) is 0 Å². The topological polar surface area (TPSA) is 139 Å². The van der Waals surface area contributed by atoms with Gasteiger partial charge in [-0.25, -0.2) is 0 Å². The van der Waals surface area contributed by atoms with Gasteiger partial charge in [-0.05, 0) is 0 Å². The van der Waals surface area contributed by atoms with Gasteiger partial charge >= 0.3 is 200 Å². The Balaban J connectivity index is 6.24. The van der Waals surface area contributed by atoms with Crippen molar-refractivity contribution in [2.45, 2.75) is 66.4 Å². The van der Waals surface area contributed by atoms with Crippen LogP contribution in [0.5, 0.6) is 0 Å². The molecule has 0 aliphatic rings. The summed E-state index contributed by atoms with van der Waals surface area (Å²) < 4.78 is 18.2. The van der Waals surface area contributed by atoms with E-state index in [4.69, 9.17) is 17.0 Å². The Morgan fingerprint density at radius 3 is 1.06 bits per heavy atom. The van der Waals surface area contributed by atoms with Gasteiger partial charge in [0, 0.05) is 0 Å². The summed E-state index contributed by atoms with van der Waals surface area (Å²) in [7, 11) is 0. The molecule has 0 saturated carbocycles. The number of rotatable bonds is 19. The van der Waals surface area contributed by atoms with Crippen LogP contribution in [-0.2, 0) is 66.5 Å².